The quantitative estimate of drug-likeness (QED) is 0.528. The number of amides is 1. The van der Waals surface area contributed by atoms with Crippen LogP contribution < -0.4 is 9.64 Å². The number of fused-ring (bicyclic) bond motifs is 1. The molecule has 0 unspecified atom stereocenters. The number of nitrogens with zero attached hydrogens (tertiary/aromatic N) is 5. The summed E-state index contributed by atoms with van der Waals surface area (Å²) >= 11 is 6.38. The lowest BCUT2D eigenvalue weighted by Gasteiger charge is -2.20. The van der Waals surface area contributed by atoms with Gasteiger partial charge in [-0.25, -0.2) is 0 Å². The average molecular weight is 394 g/mol. The molecular formula is C20H16ClN5O2. The van der Waals surface area contributed by atoms with E-state index in [1.54, 1.807) is 24.1 Å². The van der Waals surface area contributed by atoms with Crippen molar-refractivity contribution in [2.75, 3.05) is 19.1 Å². The normalized spacial score (nSPS) is 10.8. The molecule has 4 rings (SSSR count). The van der Waals surface area contributed by atoms with Crippen molar-refractivity contribution in [1.29, 1.82) is 0 Å². The Hall–Kier alpha value is -3.45. The van der Waals surface area contributed by atoms with E-state index >= 15 is 0 Å². The van der Waals surface area contributed by atoms with Crippen molar-refractivity contribution in [3.05, 3.63) is 71.5 Å². The summed E-state index contributed by atoms with van der Waals surface area (Å²) in [6.07, 6.45) is 1.42. The fourth-order valence-corrected chi connectivity index (χ4v) is 3.26. The molecule has 0 bridgehead atoms. The Kier molecular flexibility index (Phi) is 4.67. The van der Waals surface area contributed by atoms with Crippen LogP contribution in [0.2, 0.25) is 5.02 Å². The molecule has 8 heteroatoms. The highest BCUT2D eigenvalue weighted by Crippen LogP contribution is 2.31. The monoisotopic (exact) mass is 393 g/mol. The minimum Gasteiger partial charge on any atom is -0.496 e. The molecule has 28 heavy (non-hydrogen) atoms. The van der Waals surface area contributed by atoms with Crippen LogP contribution in [0.4, 0.5) is 5.69 Å². The second kappa shape index (κ2) is 7.28. The Bertz CT molecular complexity index is 1160. The predicted octanol–water partition coefficient (Wildman–Crippen LogP) is 3.75. The number of benzene rings is 3. The molecule has 0 aliphatic rings. The van der Waals surface area contributed by atoms with Crippen LogP contribution in [0.5, 0.6) is 5.75 Å². The highest BCUT2D eigenvalue weighted by atomic mass is 35.5. The molecular weight excluding hydrogens is 378 g/mol. The maximum atomic E-state index is 13.2. The van der Waals surface area contributed by atoms with E-state index in [1.807, 2.05) is 42.5 Å². The first-order valence-corrected chi connectivity index (χ1v) is 8.84. The molecule has 0 saturated carbocycles. The lowest BCUT2D eigenvalue weighted by atomic mass is 10.1. The fourth-order valence-electron chi connectivity index (χ4n) is 3.01. The first-order chi connectivity index (χ1) is 13.6. The van der Waals surface area contributed by atoms with Gasteiger partial charge in [-0.2, -0.15) is 4.68 Å². The van der Waals surface area contributed by atoms with Crippen molar-refractivity contribution in [2.45, 2.75) is 0 Å². The van der Waals surface area contributed by atoms with Crippen LogP contribution in [0.1, 0.15) is 10.4 Å². The van der Waals surface area contributed by atoms with Crippen molar-refractivity contribution in [2.24, 2.45) is 0 Å². The first kappa shape index (κ1) is 17.9. The number of methoxy groups -OCH3 is 1. The second-order valence-electron chi connectivity index (χ2n) is 6.15. The third-order valence-corrected chi connectivity index (χ3v) is 4.82. The Morgan fingerprint density at radius 2 is 1.89 bits per heavy atom. The molecule has 3 aromatic carbocycles. The van der Waals surface area contributed by atoms with Gasteiger partial charge in [-0.05, 0) is 39.4 Å². The number of aromatic nitrogens is 4. The predicted molar refractivity (Wildman–Crippen MR) is 107 cm³/mol. The molecule has 7 nitrogen and oxygen atoms in total. The summed E-state index contributed by atoms with van der Waals surface area (Å²) in [6, 6.07) is 17.1. The SMILES string of the molecule is COc1cc(-n2cnnn2)c(Cl)cc1C(=O)N(C)c1ccc2ccccc2c1. The smallest absolute Gasteiger partial charge is 0.261 e. The van der Waals surface area contributed by atoms with Crippen molar-refractivity contribution in [1.82, 2.24) is 20.2 Å². The minimum atomic E-state index is -0.239. The van der Waals surface area contributed by atoms with E-state index < -0.39 is 0 Å². The van der Waals surface area contributed by atoms with Crippen LogP contribution in [-0.4, -0.2) is 40.3 Å². The number of carbonyl (C=O) groups is 1. The molecule has 0 atom stereocenters. The van der Waals surface area contributed by atoms with Gasteiger partial charge in [0.2, 0.25) is 0 Å². The highest BCUT2D eigenvalue weighted by Gasteiger charge is 2.21. The Morgan fingerprint density at radius 1 is 1.11 bits per heavy atom. The molecule has 1 heterocycles. The lowest BCUT2D eigenvalue weighted by Crippen LogP contribution is -2.26. The van der Waals surface area contributed by atoms with Crippen LogP contribution in [0.25, 0.3) is 16.5 Å². The minimum absolute atomic E-state index is 0.239. The number of anilines is 1. The number of hydrogen-bond donors (Lipinski definition) is 0. The molecule has 1 aromatic heterocycles. The van der Waals surface area contributed by atoms with Gasteiger partial charge < -0.3 is 9.64 Å². The summed E-state index contributed by atoms with van der Waals surface area (Å²) in [7, 11) is 3.22. The van der Waals surface area contributed by atoms with Gasteiger partial charge in [-0.3, -0.25) is 4.79 Å². The molecule has 4 aromatic rings. The third kappa shape index (κ3) is 3.16. The number of hydrogen-bond acceptors (Lipinski definition) is 5. The zero-order chi connectivity index (χ0) is 19.7. The van der Waals surface area contributed by atoms with E-state index in [0.29, 0.717) is 22.0 Å². The van der Waals surface area contributed by atoms with Gasteiger partial charge >= 0.3 is 0 Å². The Balaban J connectivity index is 1.72. The molecule has 0 saturated heterocycles. The summed E-state index contributed by atoms with van der Waals surface area (Å²) in [5.74, 6) is 0.143. The molecule has 0 aliphatic heterocycles. The fraction of sp³-hybridized carbons (Fsp3) is 0.100. The molecule has 0 spiro atoms. The van der Waals surface area contributed by atoms with Gasteiger partial charge in [0.15, 0.2) is 0 Å². The van der Waals surface area contributed by atoms with Gasteiger partial charge in [0.25, 0.3) is 5.91 Å². The van der Waals surface area contributed by atoms with E-state index in [9.17, 15) is 4.79 Å². The zero-order valence-corrected chi connectivity index (χ0v) is 16.0. The number of tetrazole rings is 1. The topological polar surface area (TPSA) is 73.1 Å². The molecule has 1 amide bonds. The Labute approximate surface area is 166 Å². The number of carbonyl (C=O) groups excluding carboxylic acids is 1. The van der Waals surface area contributed by atoms with Gasteiger partial charge in [-0.15, -0.1) is 5.10 Å². The Morgan fingerprint density at radius 3 is 2.61 bits per heavy atom. The lowest BCUT2D eigenvalue weighted by molar-refractivity contribution is 0.0990. The first-order valence-electron chi connectivity index (χ1n) is 8.46. The van der Waals surface area contributed by atoms with Crippen molar-refractivity contribution in [3.63, 3.8) is 0 Å². The van der Waals surface area contributed by atoms with E-state index in [0.717, 1.165) is 16.5 Å². The highest BCUT2D eigenvalue weighted by molar-refractivity contribution is 6.33. The van der Waals surface area contributed by atoms with Gasteiger partial charge in [0.1, 0.15) is 12.1 Å². The van der Waals surface area contributed by atoms with E-state index in [-0.39, 0.29) is 5.91 Å². The van der Waals surface area contributed by atoms with Crippen molar-refractivity contribution >= 4 is 34.0 Å². The summed E-state index contributed by atoms with van der Waals surface area (Å²) in [5.41, 5.74) is 1.64. The molecule has 0 radical (unpaired) electrons. The van der Waals surface area contributed by atoms with Crippen LogP contribution in [0.15, 0.2) is 60.9 Å². The average Bonchev–Trinajstić information content (AvgIpc) is 3.26. The summed E-state index contributed by atoms with van der Waals surface area (Å²) < 4.78 is 6.84. The van der Waals surface area contributed by atoms with Crippen molar-refractivity contribution < 1.29 is 9.53 Å². The van der Waals surface area contributed by atoms with Gasteiger partial charge in [-0.1, -0.05) is 41.9 Å². The number of ether oxygens (including phenoxy) is 1. The molecule has 140 valence electrons. The van der Waals surface area contributed by atoms with Crippen LogP contribution in [0, 0.1) is 0 Å². The standard InChI is InChI=1S/C20H16ClN5O2/c1-25(15-8-7-13-5-3-4-6-14(13)9-15)20(27)16-10-17(21)18(11-19(16)28-2)26-12-22-23-24-26/h3-12H,1-2H3. The van der Waals surface area contributed by atoms with Crippen molar-refractivity contribution in [3.8, 4) is 11.4 Å². The zero-order valence-electron chi connectivity index (χ0n) is 15.2. The largest absolute Gasteiger partial charge is 0.496 e. The summed E-state index contributed by atoms with van der Waals surface area (Å²) in [6.45, 7) is 0. The van der Waals surface area contributed by atoms with E-state index in [1.165, 1.54) is 18.1 Å². The summed E-state index contributed by atoms with van der Waals surface area (Å²) in [5, 5.41) is 13.5. The second-order valence-corrected chi connectivity index (χ2v) is 6.56. The number of rotatable bonds is 4. The van der Waals surface area contributed by atoms with Gasteiger partial charge in [0.05, 0.1) is 23.4 Å². The maximum absolute atomic E-state index is 13.2. The molecule has 0 fully saturated rings. The van der Waals surface area contributed by atoms with Crippen LogP contribution in [0.3, 0.4) is 0 Å². The summed E-state index contributed by atoms with van der Waals surface area (Å²) in [4.78, 5) is 14.7. The van der Waals surface area contributed by atoms with E-state index in [2.05, 4.69) is 15.5 Å². The van der Waals surface area contributed by atoms with E-state index in [4.69, 9.17) is 16.3 Å². The molecule has 0 N–H and O–H groups in total. The molecule has 0 aliphatic carbocycles. The van der Waals surface area contributed by atoms with Gasteiger partial charge in [0, 0.05) is 18.8 Å². The van der Waals surface area contributed by atoms with Crippen LogP contribution in [-0.2, 0) is 0 Å². The third-order valence-electron chi connectivity index (χ3n) is 4.52. The van der Waals surface area contributed by atoms with Crippen LogP contribution >= 0.6 is 11.6 Å². The maximum Gasteiger partial charge on any atom is 0.261 e. The number of halogens is 1.